The number of rotatable bonds is 1. The van der Waals surface area contributed by atoms with Crippen molar-refractivity contribution in [3.63, 3.8) is 0 Å². The maximum absolute atomic E-state index is 12.1. The summed E-state index contributed by atoms with van der Waals surface area (Å²) in [6.45, 7) is 0. The zero-order chi connectivity index (χ0) is 16.0. The molecule has 0 amide bonds. The SMILES string of the molecule is O=c1c(O)c(-c2ccc(O)c(O)c2)oc2cc(O)cc(O)c12.[Pt]. The topological polar surface area (TPSA) is 131 Å². The van der Waals surface area contributed by atoms with Gasteiger partial charge in [0.15, 0.2) is 17.3 Å². The maximum atomic E-state index is 12.1. The van der Waals surface area contributed by atoms with Crippen LogP contribution >= 0.6 is 0 Å². The molecule has 0 bridgehead atoms. The van der Waals surface area contributed by atoms with E-state index in [1.165, 1.54) is 6.07 Å². The predicted molar refractivity (Wildman–Crippen MR) is 76.2 cm³/mol. The van der Waals surface area contributed by atoms with Crippen LogP contribution < -0.4 is 5.43 Å². The summed E-state index contributed by atoms with van der Waals surface area (Å²) >= 11 is 0. The van der Waals surface area contributed by atoms with Gasteiger partial charge in [0.25, 0.3) is 0 Å². The maximum Gasteiger partial charge on any atom is 0.238 e. The van der Waals surface area contributed by atoms with E-state index in [1.54, 1.807) is 0 Å². The van der Waals surface area contributed by atoms with Gasteiger partial charge in [0.1, 0.15) is 22.5 Å². The Morgan fingerprint density at radius 1 is 0.826 bits per heavy atom. The third-order valence-electron chi connectivity index (χ3n) is 3.17. The minimum Gasteiger partial charge on any atom is -0.508 e. The van der Waals surface area contributed by atoms with Crippen LogP contribution in [0.3, 0.4) is 0 Å². The van der Waals surface area contributed by atoms with Gasteiger partial charge >= 0.3 is 0 Å². The van der Waals surface area contributed by atoms with Crippen LogP contribution in [-0.4, -0.2) is 25.5 Å². The van der Waals surface area contributed by atoms with E-state index in [-0.39, 0.29) is 54.9 Å². The number of fused-ring (bicyclic) bond motifs is 1. The van der Waals surface area contributed by atoms with E-state index in [9.17, 15) is 30.3 Å². The second-order valence-electron chi connectivity index (χ2n) is 4.65. The van der Waals surface area contributed by atoms with Gasteiger partial charge in [0.2, 0.25) is 11.2 Å². The first kappa shape index (κ1) is 16.7. The van der Waals surface area contributed by atoms with E-state index < -0.39 is 22.7 Å². The molecule has 0 aliphatic carbocycles. The Kier molecular flexibility index (Phi) is 4.25. The van der Waals surface area contributed by atoms with Gasteiger partial charge < -0.3 is 29.9 Å². The molecule has 122 valence electrons. The van der Waals surface area contributed by atoms with E-state index in [0.717, 1.165) is 24.3 Å². The summed E-state index contributed by atoms with van der Waals surface area (Å²) in [5.74, 6) is -2.71. The summed E-state index contributed by atoms with van der Waals surface area (Å²) in [5.41, 5.74) is -0.890. The average Bonchev–Trinajstić information content (AvgIpc) is 2.45. The van der Waals surface area contributed by atoms with Gasteiger partial charge in [-0.05, 0) is 18.2 Å². The first-order valence-corrected chi connectivity index (χ1v) is 6.12. The van der Waals surface area contributed by atoms with Crippen LogP contribution in [-0.2, 0) is 21.1 Å². The van der Waals surface area contributed by atoms with Crippen LogP contribution in [0.4, 0.5) is 0 Å². The summed E-state index contributed by atoms with van der Waals surface area (Å²) in [6, 6.07) is 5.64. The van der Waals surface area contributed by atoms with Gasteiger partial charge in [-0.1, -0.05) is 0 Å². The number of phenolic OH excluding ortho intramolecular Hbond substituents is 4. The van der Waals surface area contributed by atoms with Gasteiger partial charge in [-0.15, -0.1) is 0 Å². The second kappa shape index (κ2) is 5.85. The molecule has 0 aliphatic heterocycles. The van der Waals surface area contributed by atoms with Gasteiger partial charge in [0.05, 0.1) is 0 Å². The smallest absolute Gasteiger partial charge is 0.238 e. The fourth-order valence-corrected chi connectivity index (χ4v) is 2.14. The minimum atomic E-state index is -0.888. The van der Waals surface area contributed by atoms with Crippen molar-refractivity contribution in [2.24, 2.45) is 0 Å². The minimum absolute atomic E-state index is 0. The van der Waals surface area contributed by atoms with E-state index in [4.69, 9.17) is 4.42 Å². The molecule has 1 heterocycles. The molecule has 0 radical (unpaired) electrons. The van der Waals surface area contributed by atoms with Crippen molar-refractivity contribution in [3.8, 4) is 40.1 Å². The summed E-state index contributed by atoms with van der Waals surface area (Å²) < 4.78 is 5.35. The quantitative estimate of drug-likeness (QED) is 0.325. The number of hydrogen-bond acceptors (Lipinski definition) is 7. The Morgan fingerprint density at radius 2 is 1.52 bits per heavy atom. The summed E-state index contributed by atoms with van der Waals surface area (Å²) in [4.78, 5) is 12.1. The van der Waals surface area contributed by atoms with Crippen molar-refractivity contribution in [2.45, 2.75) is 0 Å². The molecule has 2 aromatic carbocycles. The van der Waals surface area contributed by atoms with Crippen LogP contribution in [0, 0.1) is 0 Å². The molecule has 0 atom stereocenters. The molecule has 0 spiro atoms. The van der Waals surface area contributed by atoms with Gasteiger partial charge in [-0.25, -0.2) is 0 Å². The number of hydrogen-bond donors (Lipinski definition) is 5. The zero-order valence-electron chi connectivity index (χ0n) is 11.3. The third-order valence-corrected chi connectivity index (χ3v) is 3.17. The van der Waals surface area contributed by atoms with E-state index in [1.807, 2.05) is 0 Å². The van der Waals surface area contributed by atoms with Crippen LogP contribution in [0.15, 0.2) is 39.5 Å². The standard InChI is InChI=1S/C15H10O7.Pt/c16-7-4-10(19)12-11(5-7)22-15(14(21)13(12)20)6-1-2-8(17)9(18)3-6;/h1-5,16-19,21H;. The van der Waals surface area contributed by atoms with E-state index >= 15 is 0 Å². The van der Waals surface area contributed by atoms with Crippen molar-refractivity contribution in [3.05, 3.63) is 40.6 Å². The van der Waals surface area contributed by atoms with Crippen LogP contribution in [0.1, 0.15) is 0 Å². The van der Waals surface area contributed by atoms with Crippen molar-refractivity contribution < 1.29 is 51.0 Å². The number of aromatic hydroxyl groups is 5. The second-order valence-corrected chi connectivity index (χ2v) is 4.65. The van der Waals surface area contributed by atoms with Gasteiger partial charge in [-0.3, -0.25) is 4.79 Å². The Balaban J connectivity index is 0.00000192. The van der Waals surface area contributed by atoms with Crippen molar-refractivity contribution in [1.82, 2.24) is 0 Å². The number of benzene rings is 2. The zero-order valence-corrected chi connectivity index (χ0v) is 13.5. The molecule has 0 saturated heterocycles. The molecule has 0 saturated carbocycles. The first-order chi connectivity index (χ1) is 10.4. The monoisotopic (exact) mass is 497 g/mol. The van der Waals surface area contributed by atoms with Gasteiger partial charge in [-0.2, -0.15) is 0 Å². The normalized spacial score (nSPS) is 10.4. The van der Waals surface area contributed by atoms with Crippen LogP contribution in [0.2, 0.25) is 0 Å². The Bertz CT molecular complexity index is 962. The summed E-state index contributed by atoms with van der Waals surface area (Å²) in [5, 5.41) is 47.6. The molecule has 0 unspecified atom stereocenters. The Hall–Kier alpha value is -2.66. The first-order valence-electron chi connectivity index (χ1n) is 6.12. The van der Waals surface area contributed by atoms with Crippen LogP contribution in [0.25, 0.3) is 22.3 Å². The molecule has 8 heteroatoms. The fraction of sp³-hybridized carbons (Fsp3) is 0. The Labute approximate surface area is 142 Å². The third kappa shape index (κ3) is 2.71. The molecular formula is C15H10O7Pt. The molecule has 3 rings (SSSR count). The number of phenols is 4. The molecule has 0 aliphatic rings. The van der Waals surface area contributed by atoms with Crippen molar-refractivity contribution >= 4 is 11.0 Å². The fourth-order valence-electron chi connectivity index (χ4n) is 2.14. The average molecular weight is 497 g/mol. The van der Waals surface area contributed by atoms with Crippen LogP contribution in [0.5, 0.6) is 28.7 Å². The van der Waals surface area contributed by atoms with Crippen molar-refractivity contribution in [1.29, 1.82) is 0 Å². The van der Waals surface area contributed by atoms with Gasteiger partial charge in [0, 0.05) is 38.8 Å². The molecule has 23 heavy (non-hydrogen) atoms. The molecule has 5 N–H and O–H groups in total. The molecule has 3 aromatic rings. The van der Waals surface area contributed by atoms with Crippen molar-refractivity contribution in [2.75, 3.05) is 0 Å². The molecule has 0 fully saturated rings. The summed E-state index contributed by atoms with van der Waals surface area (Å²) in [7, 11) is 0. The Morgan fingerprint density at radius 3 is 2.17 bits per heavy atom. The van der Waals surface area contributed by atoms with E-state index in [0.29, 0.717) is 0 Å². The molecule has 1 aromatic heterocycles. The molecular weight excluding hydrogens is 487 g/mol. The van der Waals surface area contributed by atoms with E-state index in [2.05, 4.69) is 0 Å². The summed E-state index contributed by atoms with van der Waals surface area (Å²) in [6.07, 6.45) is 0. The molecule has 7 nitrogen and oxygen atoms in total. The largest absolute Gasteiger partial charge is 0.508 e. The predicted octanol–water partition coefficient (Wildman–Crippen LogP) is 1.99.